The minimum Gasteiger partial charge on any atom is -0.455 e. The first-order valence-electron chi connectivity index (χ1n) is 8.78. The van der Waals surface area contributed by atoms with Crippen molar-refractivity contribution < 1.29 is 14.3 Å². The van der Waals surface area contributed by atoms with Gasteiger partial charge in [-0.25, -0.2) is 0 Å². The van der Waals surface area contributed by atoms with Crippen molar-refractivity contribution in [2.24, 2.45) is 5.92 Å². The highest BCUT2D eigenvalue weighted by atomic mass is 16.5. The smallest absolute Gasteiger partial charge is 0.309 e. The van der Waals surface area contributed by atoms with Crippen molar-refractivity contribution in [3.8, 4) is 0 Å². The molecule has 1 saturated carbocycles. The molecule has 3 rings (SSSR count). The fraction of sp³-hybridized carbons (Fsp3) is 0.579. The second-order valence-electron chi connectivity index (χ2n) is 6.65. The number of fused-ring (bicyclic) bond motifs is 1. The molecule has 2 aliphatic rings. The molecule has 0 bridgehead atoms. The molecule has 1 fully saturated rings. The van der Waals surface area contributed by atoms with Crippen LogP contribution in [-0.4, -0.2) is 18.5 Å². The Hall–Kier alpha value is -1.84. The fourth-order valence-electron chi connectivity index (χ4n) is 3.73. The molecule has 124 valence electrons. The molecule has 23 heavy (non-hydrogen) atoms. The van der Waals surface area contributed by atoms with E-state index in [1.807, 2.05) is 12.1 Å². The second kappa shape index (κ2) is 7.62. The predicted octanol–water partition coefficient (Wildman–Crippen LogP) is 3.30. The molecule has 0 aliphatic heterocycles. The highest BCUT2D eigenvalue weighted by molar-refractivity contribution is 5.81. The maximum atomic E-state index is 12.1. The molecule has 1 atom stereocenters. The first-order valence-corrected chi connectivity index (χ1v) is 8.78. The maximum absolute atomic E-state index is 12.1. The molecule has 1 aromatic carbocycles. The normalized spacial score (nSPS) is 21.3. The van der Waals surface area contributed by atoms with Gasteiger partial charge in [-0.1, -0.05) is 43.5 Å². The summed E-state index contributed by atoms with van der Waals surface area (Å²) >= 11 is 0. The third-order valence-corrected chi connectivity index (χ3v) is 4.99. The second-order valence-corrected chi connectivity index (χ2v) is 6.65. The maximum Gasteiger partial charge on any atom is 0.309 e. The summed E-state index contributed by atoms with van der Waals surface area (Å²) in [6, 6.07) is 8.28. The number of aryl methyl sites for hydroxylation is 1. The molecule has 1 N–H and O–H groups in total. The molecule has 0 saturated heterocycles. The monoisotopic (exact) mass is 315 g/mol. The van der Waals surface area contributed by atoms with E-state index in [0.29, 0.717) is 0 Å². The Bertz CT molecular complexity index is 563. The Kier molecular flexibility index (Phi) is 5.31. The summed E-state index contributed by atoms with van der Waals surface area (Å²) in [5, 5.41) is 3.02. The van der Waals surface area contributed by atoms with Gasteiger partial charge in [0.25, 0.3) is 5.91 Å². The summed E-state index contributed by atoms with van der Waals surface area (Å²) in [5.41, 5.74) is 2.51. The lowest BCUT2D eigenvalue weighted by Crippen LogP contribution is -2.35. The van der Waals surface area contributed by atoms with Crippen molar-refractivity contribution in [3.05, 3.63) is 35.4 Å². The Morgan fingerprint density at radius 1 is 1.04 bits per heavy atom. The first kappa shape index (κ1) is 16.0. The molecule has 1 amide bonds. The number of carbonyl (C=O) groups excluding carboxylic acids is 2. The highest BCUT2D eigenvalue weighted by Gasteiger charge is 2.25. The van der Waals surface area contributed by atoms with E-state index in [1.54, 1.807) is 0 Å². The number of amides is 1. The van der Waals surface area contributed by atoms with E-state index >= 15 is 0 Å². The number of rotatable bonds is 4. The van der Waals surface area contributed by atoms with E-state index in [2.05, 4.69) is 17.4 Å². The minimum atomic E-state index is -0.205. The van der Waals surface area contributed by atoms with Crippen LogP contribution in [0.4, 0.5) is 0 Å². The van der Waals surface area contributed by atoms with Gasteiger partial charge in [-0.3, -0.25) is 9.59 Å². The van der Waals surface area contributed by atoms with Crippen LogP contribution in [0, 0.1) is 5.92 Å². The zero-order valence-electron chi connectivity index (χ0n) is 13.6. The Balaban J connectivity index is 1.49. The Morgan fingerprint density at radius 2 is 1.83 bits per heavy atom. The van der Waals surface area contributed by atoms with E-state index < -0.39 is 0 Å². The largest absolute Gasteiger partial charge is 0.455 e. The molecular weight excluding hydrogens is 290 g/mol. The van der Waals surface area contributed by atoms with E-state index in [9.17, 15) is 9.59 Å². The summed E-state index contributed by atoms with van der Waals surface area (Å²) in [6.07, 6.45) is 8.26. The summed E-state index contributed by atoms with van der Waals surface area (Å²) < 4.78 is 5.22. The Labute approximate surface area is 137 Å². The Morgan fingerprint density at radius 3 is 2.65 bits per heavy atom. The zero-order valence-corrected chi connectivity index (χ0v) is 13.6. The van der Waals surface area contributed by atoms with Gasteiger partial charge >= 0.3 is 5.97 Å². The quantitative estimate of drug-likeness (QED) is 0.867. The van der Waals surface area contributed by atoms with Gasteiger partial charge in [0, 0.05) is 0 Å². The number of hydrogen-bond donors (Lipinski definition) is 1. The van der Waals surface area contributed by atoms with Crippen molar-refractivity contribution in [2.45, 2.75) is 57.4 Å². The van der Waals surface area contributed by atoms with Gasteiger partial charge in [-0.15, -0.1) is 0 Å². The average molecular weight is 315 g/mol. The molecule has 0 aromatic heterocycles. The van der Waals surface area contributed by atoms with Gasteiger partial charge in [0.05, 0.1) is 12.0 Å². The third-order valence-electron chi connectivity index (χ3n) is 4.99. The summed E-state index contributed by atoms with van der Waals surface area (Å²) in [5.74, 6) is -0.410. The van der Waals surface area contributed by atoms with Gasteiger partial charge in [-0.05, 0) is 43.2 Å². The lowest BCUT2D eigenvalue weighted by Gasteiger charge is -2.26. The summed E-state index contributed by atoms with van der Waals surface area (Å²) in [4.78, 5) is 24.1. The molecule has 0 heterocycles. The van der Waals surface area contributed by atoms with Crippen LogP contribution in [0.1, 0.15) is 62.1 Å². The number of esters is 1. The third kappa shape index (κ3) is 4.12. The average Bonchev–Trinajstić information content (AvgIpc) is 2.61. The van der Waals surface area contributed by atoms with Crippen LogP contribution in [0.15, 0.2) is 24.3 Å². The van der Waals surface area contributed by atoms with Crippen LogP contribution in [0.25, 0.3) is 0 Å². The van der Waals surface area contributed by atoms with Gasteiger partial charge in [-0.2, -0.15) is 0 Å². The van der Waals surface area contributed by atoms with Crippen molar-refractivity contribution in [1.29, 1.82) is 0 Å². The predicted molar refractivity (Wildman–Crippen MR) is 87.8 cm³/mol. The van der Waals surface area contributed by atoms with Gasteiger partial charge in [0.15, 0.2) is 6.61 Å². The SMILES string of the molecule is O=C(COC(=O)C1CCCCC1)N[C@H]1CCCc2ccccc21. The minimum absolute atomic E-state index is 0.00745. The summed E-state index contributed by atoms with van der Waals surface area (Å²) in [7, 11) is 0. The zero-order chi connectivity index (χ0) is 16.1. The lowest BCUT2D eigenvalue weighted by atomic mass is 9.88. The highest BCUT2D eigenvalue weighted by Crippen LogP contribution is 2.29. The van der Waals surface area contributed by atoms with Crippen LogP contribution < -0.4 is 5.32 Å². The standard InChI is InChI=1S/C19H25NO3/c21-18(13-23-19(22)15-8-2-1-3-9-15)20-17-12-6-10-14-7-4-5-11-16(14)17/h4-5,7,11,15,17H,1-3,6,8-10,12-13H2,(H,20,21)/t17-/m0/s1. The molecule has 0 radical (unpaired) electrons. The van der Waals surface area contributed by atoms with Crippen molar-refractivity contribution in [3.63, 3.8) is 0 Å². The van der Waals surface area contributed by atoms with E-state index in [-0.39, 0.29) is 30.4 Å². The van der Waals surface area contributed by atoms with E-state index in [1.165, 1.54) is 17.5 Å². The number of carbonyl (C=O) groups is 2. The van der Waals surface area contributed by atoms with Gasteiger partial charge < -0.3 is 10.1 Å². The van der Waals surface area contributed by atoms with E-state index in [4.69, 9.17) is 4.74 Å². The van der Waals surface area contributed by atoms with Gasteiger partial charge in [0.1, 0.15) is 0 Å². The molecule has 1 aromatic rings. The van der Waals surface area contributed by atoms with Crippen LogP contribution in [0.2, 0.25) is 0 Å². The molecule has 0 spiro atoms. The molecule has 2 aliphatic carbocycles. The van der Waals surface area contributed by atoms with Crippen LogP contribution in [0.5, 0.6) is 0 Å². The fourth-order valence-corrected chi connectivity index (χ4v) is 3.73. The number of nitrogens with one attached hydrogen (secondary N) is 1. The van der Waals surface area contributed by atoms with E-state index in [0.717, 1.165) is 44.9 Å². The molecule has 4 nitrogen and oxygen atoms in total. The number of benzene rings is 1. The number of hydrogen-bond acceptors (Lipinski definition) is 3. The lowest BCUT2D eigenvalue weighted by molar-refractivity contribution is -0.153. The van der Waals surface area contributed by atoms with Crippen molar-refractivity contribution >= 4 is 11.9 Å². The van der Waals surface area contributed by atoms with Crippen LogP contribution >= 0.6 is 0 Å². The first-order chi connectivity index (χ1) is 11.2. The van der Waals surface area contributed by atoms with Crippen LogP contribution in [0.3, 0.4) is 0 Å². The number of ether oxygens (including phenoxy) is 1. The molecule has 4 heteroatoms. The van der Waals surface area contributed by atoms with Crippen molar-refractivity contribution in [1.82, 2.24) is 5.32 Å². The topological polar surface area (TPSA) is 55.4 Å². The molecular formula is C19H25NO3. The van der Waals surface area contributed by atoms with Crippen molar-refractivity contribution in [2.75, 3.05) is 6.61 Å². The van der Waals surface area contributed by atoms with Crippen LogP contribution in [-0.2, 0) is 20.7 Å². The summed E-state index contributed by atoms with van der Waals surface area (Å²) in [6.45, 7) is -0.159. The van der Waals surface area contributed by atoms with Gasteiger partial charge in [0.2, 0.25) is 0 Å². The molecule has 0 unspecified atom stereocenters.